The Balaban J connectivity index is 2.00. The fourth-order valence-corrected chi connectivity index (χ4v) is 5.05. The molecule has 0 spiro atoms. The van der Waals surface area contributed by atoms with Crippen LogP contribution in [0.2, 0.25) is 0 Å². The van der Waals surface area contributed by atoms with E-state index >= 15 is 0 Å². The molecule has 0 saturated heterocycles. The van der Waals surface area contributed by atoms with Gasteiger partial charge in [0.15, 0.2) is 0 Å². The van der Waals surface area contributed by atoms with Gasteiger partial charge in [-0.05, 0) is 11.1 Å². The summed E-state index contributed by atoms with van der Waals surface area (Å²) in [7, 11) is 0. The predicted octanol–water partition coefficient (Wildman–Crippen LogP) is 3.79. The van der Waals surface area contributed by atoms with Gasteiger partial charge in [-0.1, -0.05) is 74.5 Å². The zero-order valence-electron chi connectivity index (χ0n) is 13.5. The first-order valence-electron chi connectivity index (χ1n) is 8.22. The summed E-state index contributed by atoms with van der Waals surface area (Å²) < 4.78 is 0. The second-order valence-electron chi connectivity index (χ2n) is 7.11. The van der Waals surface area contributed by atoms with Gasteiger partial charge in [-0.2, -0.15) is 0 Å². The number of benzene rings is 2. The Kier molecular flexibility index (Phi) is 2.90. The van der Waals surface area contributed by atoms with Crippen LogP contribution >= 0.6 is 0 Å². The maximum Gasteiger partial charge on any atom is 0.144 e. The Labute approximate surface area is 136 Å². The van der Waals surface area contributed by atoms with E-state index < -0.39 is 10.8 Å². The standard InChI is InChI=1S/C21H20O2/c1-14-13-17(22)18-20(2,19(14)23)21(18,15-9-5-3-6-10-15)16-11-7-4-8-12-16/h3-12,14,18H,13H2,1-2H3/t14-,18+,20+/m0/s1. The SMILES string of the molecule is C[C@H]1CC(=O)[C@H]2C(c3ccccc3)(c3ccccc3)[C@@]2(C)C1=O. The zero-order chi connectivity index (χ0) is 16.2. The molecule has 0 bridgehead atoms. The Morgan fingerprint density at radius 3 is 1.83 bits per heavy atom. The summed E-state index contributed by atoms with van der Waals surface area (Å²) in [6.07, 6.45) is 0.376. The molecule has 23 heavy (non-hydrogen) atoms. The van der Waals surface area contributed by atoms with Crippen molar-refractivity contribution < 1.29 is 9.59 Å². The maximum absolute atomic E-state index is 13.0. The molecule has 2 heteroatoms. The number of ketones is 2. The van der Waals surface area contributed by atoms with Gasteiger partial charge in [-0.15, -0.1) is 0 Å². The molecule has 116 valence electrons. The minimum Gasteiger partial charge on any atom is -0.299 e. The average Bonchev–Trinajstić information content (AvgIpc) is 3.18. The largest absolute Gasteiger partial charge is 0.299 e. The van der Waals surface area contributed by atoms with Crippen molar-refractivity contribution in [2.45, 2.75) is 25.7 Å². The van der Waals surface area contributed by atoms with E-state index in [0.29, 0.717) is 6.42 Å². The van der Waals surface area contributed by atoms with Crippen molar-refractivity contribution in [3.8, 4) is 0 Å². The normalized spacial score (nSPS) is 31.6. The highest BCUT2D eigenvalue weighted by molar-refractivity contribution is 6.09. The summed E-state index contributed by atoms with van der Waals surface area (Å²) in [6, 6.07) is 20.1. The smallest absolute Gasteiger partial charge is 0.144 e. The molecule has 0 amide bonds. The molecule has 0 heterocycles. The molecule has 2 aromatic carbocycles. The first kappa shape index (κ1) is 14.4. The lowest BCUT2D eigenvalue weighted by molar-refractivity contribution is -0.136. The summed E-state index contributed by atoms with van der Waals surface area (Å²) in [4.78, 5) is 25.9. The molecule has 2 nitrogen and oxygen atoms in total. The van der Waals surface area contributed by atoms with Crippen LogP contribution < -0.4 is 0 Å². The van der Waals surface area contributed by atoms with Crippen LogP contribution in [-0.2, 0) is 15.0 Å². The molecular formula is C21H20O2. The van der Waals surface area contributed by atoms with Crippen molar-refractivity contribution in [1.29, 1.82) is 0 Å². The van der Waals surface area contributed by atoms with Crippen LogP contribution in [0.1, 0.15) is 31.4 Å². The van der Waals surface area contributed by atoms with E-state index in [0.717, 1.165) is 11.1 Å². The molecule has 0 unspecified atom stereocenters. The molecule has 2 aliphatic carbocycles. The third-order valence-corrected chi connectivity index (χ3v) is 5.99. The molecule has 4 rings (SSSR count). The number of fused-ring (bicyclic) bond motifs is 1. The maximum atomic E-state index is 13.0. The van der Waals surface area contributed by atoms with Gasteiger partial charge in [0.1, 0.15) is 11.6 Å². The number of carbonyl (C=O) groups excluding carboxylic acids is 2. The van der Waals surface area contributed by atoms with Crippen molar-refractivity contribution in [2.75, 3.05) is 0 Å². The van der Waals surface area contributed by atoms with Crippen molar-refractivity contribution in [2.24, 2.45) is 17.3 Å². The highest BCUT2D eigenvalue weighted by atomic mass is 16.1. The van der Waals surface area contributed by atoms with E-state index in [1.165, 1.54) is 0 Å². The van der Waals surface area contributed by atoms with Crippen molar-refractivity contribution in [3.05, 3.63) is 71.8 Å². The van der Waals surface area contributed by atoms with Crippen molar-refractivity contribution in [1.82, 2.24) is 0 Å². The lowest BCUT2D eigenvalue weighted by Gasteiger charge is -2.25. The number of carbonyl (C=O) groups is 2. The van der Waals surface area contributed by atoms with E-state index in [-0.39, 0.29) is 23.4 Å². The summed E-state index contributed by atoms with van der Waals surface area (Å²) >= 11 is 0. The van der Waals surface area contributed by atoms with Crippen LogP contribution in [0, 0.1) is 17.3 Å². The van der Waals surface area contributed by atoms with Gasteiger partial charge in [0.25, 0.3) is 0 Å². The Hall–Kier alpha value is -2.22. The number of hydrogen-bond acceptors (Lipinski definition) is 2. The topological polar surface area (TPSA) is 34.1 Å². The summed E-state index contributed by atoms with van der Waals surface area (Å²) in [5, 5.41) is 0. The number of hydrogen-bond donors (Lipinski definition) is 0. The number of Topliss-reactive ketones (excluding diaryl/α,β-unsaturated/α-hetero) is 2. The minimum absolute atomic E-state index is 0.182. The monoisotopic (exact) mass is 304 g/mol. The lowest BCUT2D eigenvalue weighted by atomic mass is 9.76. The van der Waals surface area contributed by atoms with Gasteiger partial charge in [0, 0.05) is 23.7 Å². The highest BCUT2D eigenvalue weighted by Crippen LogP contribution is 2.75. The van der Waals surface area contributed by atoms with Gasteiger partial charge in [0.2, 0.25) is 0 Å². The number of rotatable bonds is 2. The quantitative estimate of drug-likeness (QED) is 0.846. The van der Waals surface area contributed by atoms with Crippen LogP contribution in [0.25, 0.3) is 0 Å². The van der Waals surface area contributed by atoms with Gasteiger partial charge in [0.05, 0.1) is 5.41 Å². The molecule has 3 atom stereocenters. The van der Waals surface area contributed by atoms with E-state index in [2.05, 4.69) is 24.3 Å². The zero-order valence-corrected chi connectivity index (χ0v) is 13.5. The van der Waals surface area contributed by atoms with Crippen LogP contribution in [0.15, 0.2) is 60.7 Å². The second-order valence-corrected chi connectivity index (χ2v) is 7.11. The van der Waals surface area contributed by atoms with Crippen LogP contribution in [0.3, 0.4) is 0 Å². The molecule has 2 fully saturated rings. The van der Waals surface area contributed by atoms with E-state index in [1.807, 2.05) is 50.2 Å². The molecule has 2 aliphatic rings. The summed E-state index contributed by atoms with van der Waals surface area (Å²) in [5.41, 5.74) is 1.03. The van der Waals surface area contributed by atoms with Gasteiger partial charge in [-0.3, -0.25) is 9.59 Å². The van der Waals surface area contributed by atoms with Crippen molar-refractivity contribution >= 4 is 11.6 Å². The predicted molar refractivity (Wildman–Crippen MR) is 89.1 cm³/mol. The average molecular weight is 304 g/mol. The third-order valence-electron chi connectivity index (χ3n) is 5.99. The van der Waals surface area contributed by atoms with E-state index in [4.69, 9.17) is 0 Å². The molecule has 2 aromatic rings. The first-order valence-corrected chi connectivity index (χ1v) is 8.22. The van der Waals surface area contributed by atoms with Crippen molar-refractivity contribution in [3.63, 3.8) is 0 Å². The highest BCUT2D eigenvalue weighted by Gasteiger charge is 2.82. The van der Waals surface area contributed by atoms with E-state index in [1.54, 1.807) is 0 Å². The molecule has 0 N–H and O–H groups in total. The fraction of sp³-hybridized carbons (Fsp3) is 0.333. The molecule has 0 aliphatic heterocycles. The Bertz CT molecular complexity index is 739. The molecule has 0 radical (unpaired) electrons. The third kappa shape index (κ3) is 1.59. The van der Waals surface area contributed by atoms with Crippen LogP contribution in [0.4, 0.5) is 0 Å². The van der Waals surface area contributed by atoms with Crippen LogP contribution in [0.5, 0.6) is 0 Å². The minimum atomic E-state index is -0.621. The van der Waals surface area contributed by atoms with Gasteiger partial charge < -0.3 is 0 Å². The fourth-order valence-electron chi connectivity index (χ4n) is 5.05. The second kappa shape index (κ2) is 4.64. The lowest BCUT2D eigenvalue weighted by Crippen LogP contribution is -2.33. The van der Waals surface area contributed by atoms with E-state index in [9.17, 15) is 9.59 Å². The first-order chi connectivity index (χ1) is 11.0. The summed E-state index contributed by atoms with van der Waals surface area (Å²) in [6.45, 7) is 3.88. The van der Waals surface area contributed by atoms with Gasteiger partial charge in [-0.25, -0.2) is 0 Å². The molecule has 2 saturated carbocycles. The Morgan fingerprint density at radius 2 is 1.35 bits per heavy atom. The van der Waals surface area contributed by atoms with Crippen LogP contribution in [-0.4, -0.2) is 11.6 Å². The molecular weight excluding hydrogens is 284 g/mol. The van der Waals surface area contributed by atoms with Gasteiger partial charge >= 0.3 is 0 Å². The summed E-state index contributed by atoms with van der Waals surface area (Å²) in [5.74, 6) is 0.0451. The Morgan fingerprint density at radius 1 is 0.870 bits per heavy atom. The molecule has 0 aromatic heterocycles.